The first kappa shape index (κ1) is 15.3. The second-order valence-corrected chi connectivity index (χ2v) is 6.13. The quantitative estimate of drug-likeness (QED) is 0.809. The molecule has 1 aliphatic heterocycles. The third-order valence-electron chi connectivity index (χ3n) is 4.38. The zero-order chi connectivity index (χ0) is 14.4. The number of piperazine rings is 1. The molecule has 112 valence electrons. The van der Waals surface area contributed by atoms with Crippen LogP contribution in [0.4, 0.5) is 0 Å². The molecule has 0 saturated carbocycles. The van der Waals surface area contributed by atoms with E-state index in [1.165, 1.54) is 6.42 Å². The molecule has 1 heterocycles. The van der Waals surface area contributed by atoms with Crippen LogP contribution in [0.2, 0.25) is 0 Å². The number of para-hydroxylation sites is 1. The molecule has 1 aromatic carbocycles. The Hall–Kier alpha value is -1.06. The van der Waals surface area contributed by atoms with Crippen LogP contribution in [0.3, 0.4) is 0 Å². The van der Waals surface area contributed by atoms with E-state index in [1.807, 2.05) is 30.3 Å². The molecule has 1 aliphatic rings. The van der Waals surface area contributed by atoms with Crippen molar-refractivity contribution in [3.63, 3.8) is 0 Å². The second-order valence-electron chi connectivity index (χ2n) is 6.13. The third-order valence-corrected chi connectivity index (χ3v) is 4.38. The lowest BCUT2D eigenvalue weighted by molar-refractivity contribution is 0.0876. The minimum atomic E-state index is 0.271. The lowest BCUT2D eigenvalue weighted by atomic mass is 9.94. The van der Waals surface area contributed by atoms with Gasteiger partial charge in [-0.25, -0.2) is 0 Å². The maximum absolute atomic E-state index is 5.77. The van der Waals surface area contributed by atoms with Gasteiger partial charge in [0.2, 0.25) is 0 Å². The molecule has 0 aliphatic carbocycles. The summed E-state index contributed by atoms with van der Waals surface area (Å²) in [6, 6.07) is 10.7. The van der Waals surface area contributed by atoms with Crippen molar-refractivity contribution >= 4 is 0 Å². The van der Waals surface area contributed by atoms with E-state index in [9.17, 15) is 0 Å². The highest BCUT2D eigenvalue weighted by Crippen LogP contribution is 2.19. The second kappa shape index (κ2) is 7.09. The fourth-order valence-corrected chi connectivity index (χ4v) is 2.69. The molecule has 1 saturated heterocycles. The number of nitrogens with zero attached hydrogens (tertiary/aromatic N) is 1. The molecule has 20 heavy (non-hydrogen) atoms. The third kappa shape index (κ3) is 4.22. The van der Waals surface area contributed by atoms with Crippen LogP contribution in [-0.4, -0.2) is 42.7 Å². The molecule has 1 fully saturated rings. The zero-order valence-corrected chi connectivity index (χ0v) is 13.1. The van der Waals surface area contributed by atoms with Crippen LogP contribution in [-0.2, 0) is 0 Å². The highest BCUT2D eigenvalue weighted by Gasteiger charge is 2.31. The molecule has 3 nitrogen and oxygen atoms in total. The van der Waals surface area contributed by atoms with E-state index in [2.05, 4.69) is 31.0 Å². The van der Waals surface area contributed by atoms with Crippen molar-refractivity contribution in [2.24, 2.45) is 0 Å². The average Bonchev–Trinajstić information content (AvgIpc) is 2.48. The maximum atomic E-state index is 5.77. The van der Waals surface area contributed by atoms with Gasteiger partial charge >= 0.3 is 0 Å². The van der Waals surface area contributed by atoms with Crippen molar-refractivity contribution in [3.05, 3.63) is 30.3 Å². The van der Waals surface area contributed by atoms with Gasteiger partial charge in [-0.2, -0.15) is 0 Å². The summed E-state index contributed by atoms with van der Waals surface area (Å²) >= 11 is 0. The van der Waals surface area contributed by atoms with Gasteiger partial charge in [0.25, 0.3) is 0 Å². The van der Waals surface area contributed by atoms with Crippen LogP contribution in [0, 0.1) is 0 Å². The summed E-state index contributed by atoms with van der Waals surface area (Å²) < 4.78 is 5.77. The number of hydrogen-bond donors (Lipinski definition) is 1. The lowest BCUT2D eigenvalue weighted by Gasteiger charge is -2.45. The molecule has 0 spiro atoms. The molecule has 0 bridgehead atoms. The maximum Gasteiger partial charge on any atom is 0.119 e. The number of benzene rings is 1. The normalized spacial score (nSPS) is 27.4. The van der Waals surface area contributed by atoms with Gasteiger partial charge in [-0.05, 0) is 38.8 Å². The highest BCUT2D eigenvalue weighted by atomic mass is 16.5. The minimum Gasteiger partial charge on any atom is -0.494 e. The molecular weight excluding hydrogens is 248 g/mol. The summed E-state index contributed by atoms with van der Waals surface area (Å²) in [5.41, 5.74) is 0.271. The summed E-state index contributed by atoms with van der Waals surface area (Å²) in [5.74, 6) is 0.972. The Labute approximate surface area is 123 Å². The molecule has 1 N–H and O–H groups in total. The van der Waals surface area contributed by atoms with Crippen LogP contribution in [0.25, 0.3) is 0 Å². The predicted octanol–water partition coefficient (Wildman–Crippen LogP) is 2.92. The zero-order valence-electron chi connectivity index (χ0n) is 13.1. The van der Waals surface area contributed by atoms with Crippen molar-refractivity contribution in [2.75, 3.05) is 26.2 Å². The minimum absolute atomic E-state index is 0.271. The van der Waals surface area contributed by atoms with Gasteiger partial charge in [0.15, 0.2) is 0 Å². The molecule has 0 radical (unpaired) electrons. The van der Waals surface area contributed by atoms with Crippen molar-refractivity contribution in [2.45, 2.75) is 45.2 Å². The van der Waals surface area contributed by atoms with Gasteiger partial charge < -0.3 is 10.1 Å². The van der Waals surface area contributed by atoms with Gasteiger partial charge in [0, 0.05) is 31.2 Å². The Morgan fingerprint density at radius 2 is 2.10 bits per heavy atom. The Balaban J connectivity index is 1.72. The van der Waals surface area contributed by atoms with E-state index in [4.69, 9.17) is 4.74 Å². The van der Waals surface area contributed by atoms with Crippen molar-refractivity contribution in [1.29, 1.82) is 0 Å². The fraction of sp³-hybridized carbons (Fsp3) is 0.647. The van der Waals surface area contributed by atoms with E-state index < -0.39 is 0 Å². The van der Waals surface area contributed by atoms with Crippen LogP contribution in [0.1, 0.15) is 33.6 Å². The van der Waals surface area contributed by atoms with Crippen LogP contribution in [0.5, 0.6) is 5.75 Å². The topological polar surface area (TPSA) is 24.5 Å². The molecule has 0 aromatic heterocycles. The van der Waals surface area contributed by atoms with Crippen molar-refractivity contribution < 1.29 is 4.74 Å². The predicted molar refractivity (Wildman–Crippen MR) is 84.3 cm³/mol. The Morgan fingerprint density at radius 3 is 2.80 bits per heavy atom. The van der Waals surface area contributed by atoms with E-state index in [0.29, 0.717) is 6.04 Å². The van der Waals surface area contributed by atoms with Crippen LogP contribution < -0.4 is 10.1 Å². The standard InChI is InChI=1S/C17H28N2O/c1-4-17(3)14-19(15(2)13-18-17)11-8-12-20-16-9-6-5-7-10-16/h5-7,9-10,15,18H,4,8,11-14H2,1-3H3. The highest BCUT2D eigenvalue weighted by molar-refractivity contribution is 5.20. The van der Waals surface area contributed by atoms with Crippen LogP contribution >= 0.6 is 0 Å². The Morgan fingerprint density at radius 1 is 1.35 bits per heavy atom. The van der Waals surface area contributed by atoms with E-state index in [-0.39, 0.29) is 5.54 Å². The van der Waals surface area contributed by atoms with Gasteiger partial charge in [0.05, 0.1) is 6.61 Å². The van der Waals surface area contributed by atoms with Crippen LogP contribution in [0.15, 0.2) is 30.3 Å². The number of ether oxygens (including phenoxy) is 1. The first-order chi connectivity index (χ1) is 9.63. The first-order valence-corrected chi connectivity index (χ1v) is 7.80. The summed E-state index contributed by atoms with van der Waals surface area (Å²) in [6.45, 7) is 11.0. The molecule has 2 rings (SSSR count). The number of rotatable bonds is 6. The molecular formula is C17H28N2O. The Kier molecular flexibility index (Phi) is 5.44. The van der Waals surface area contributed by atoms with E-state index in [0.717, 1.165) is 38.4 Å². The van der Waals surface area contributed by atoms with E-state index in [1.54, 1.807) is 0 Å². The first-order valence-electron chi connectivity index (χ1n) is 7.80. The molecule has 2 atom stereocenters. The monoisotopic (exact) mass is 276 g/mol. The molecule has 1 aromatic rings. The summed E-state index contributed by atoms with van der Waals surface area (Å²) in [6.07, 6.45) is 2.26. The summed E-state index contributed by atoms with van der Waals surface area (Å²) in [5, 5.41) is 3.67. The van der Waals surface area contributed by atoms with Crippen molar-refractivity contribution in [1.82, 2.24) is 10.2 Å². The number of nitrogens with one attached hydrogen (secondary N) is 1. The SMILES string of the molecule is CCC1(C)CN(CCCOc2ccccc2)C(C)CN1. The Bertz CT molecular complexity index is 395. The molecule has 2 unspecified atom stereocenters. The van der Waals surface area contributed by atoms with Gasteiger partial charge in [-0.15, -0.1) is 0 Å². The molecule has 0 amide bonds. The fourth-order valence-electron chi connectivity index (χ4n) is 2.69. The summed E-state index contributed by atoms with van der Waals surface area (Å²) in [4.78, 5) is 2.59. The summed E-state index contributed by atoms with van der Waals surface area (Å²) in [7, 11) is 0. The van der Waals surface area contributed by atoms with Crippen molar-refractivity contribution in [3.8, 4) is 5.75 Å². The smallest absolute Gasteiger partial charge is 0.119 e. The molecule has 3 heteroatoms. The van der Waals surface area contributed by atoms with Gasteiger partial charge in [0.1, 0.15) is 5.75 Å². The number of hydrogen-bond acceptors (Lipinski definition) is 3. The largest absolute Gasteiger partial charge is 0.494 e. The van der Waals surface area contributed by atoms with E-state index >= 15 is 0 Å². The van der Waals surface area contributed by atoms with Gasteiger partial charge in [-0.1, -0.05) is 25.1 Å². The average molecular weight is 276 g/mol. The lowest BCUT2D eigenvalue weighted by Crippen LogP contribution is -2.62. The van der Waals surface area contributed by atoms with Gasteiger partial charge in [-0.3, -0.25) is 4.90 Å².